The lowest BCUT2D eigenvalue weighted by atomic mass is 10.1. The predicted octanol–water partition coefficient (Wildman–Crippen LogP) is 6.26. The smallest absolute Gasteiger partial charge is 0.395 e. The molecule has 0 radical (unpaired) electrons. The van der Waals surface area contributed by atoms with Gasteiger partial charge in [-0.05, 0) is 54.6 Å². The third-order valence-electron chi connectivity index (χ3n) is 4.26. The molecule has 3 N–H and O–H groups in total. The fraction of sp³-hybridized carbons (Fsp3) is 0.0435. The number of carbonyl (C=O) groups excluding carboxylic acids is 1. The highest BCUT2D eigenvalue weighted by Gasteiger charge is 2.31. The summed E-state index contributed by atoms with van der Waals surface area (Å²) >= 11 is 6.08. The Morgan fingerprint density at radius 2 is 1.53 bits per heavy atom. The Morgan fingerprint density at radius 1 is 0.938 bits per heavy atom. The number of hydrogen-bond acceptors (Lipinski definition) is 3. The molecule has 9 heteroatoms. The van der Waals surface area contributed by atoms with Crippen LogP contribution in [0.2, 0.25) is 5.02 Å². The van der Waals surface area contributed by atoms with Gasteiger partial charge in [-0.3, -0.25) is 4.79 Å². The van der Waals surface area contributed by atoms with Crippen molar-refractivity contribution in [3.8, 4) is 0 Å². The maximum atomic E-state index is 13.0. The highest BCUT2D eigenvalue weighted by Crippen LogP contribution is 2.27. The van der Waals surface area contributed by atoms with E-state index >= 15 is 0 Å². The molecule has 0 atom stereocenters. The van der Waals surface area contributed by atoms with E-state index in [0.29, 0.717) is 11.8 Å². The van der Waals surface area contributed by atoms with Crippen LogP contribution in [0.25, 0.3) is 0 Å². The Bertz CT molecular complexity index is 1170. The zero-order valence-electron chi connectivity index (χ0n) is 16.3. The second-order valence-corrected chi connectivity index (χ2v) is 6.99. The lowest BCUT2D eigenvalue weighted by Crippen LogP contribution is -2.21. The number of amides is 1. The van der Waals surface area contributed by atoms with Gasteiger partial charge in [0.05, 0.1) is 16.4 Å². The van der Waals surface area contributed by atoms with Crippen LogP contribution in [0.3, 0.4) is 0 Å². The van der Waals surface area contributed by atoms with Gasteiger partial charge in [0.1, 0.15) is 11.5 Å². The first-order valence-corrected chi connectivity index (χ1v) is 9.56. The summed E-state index contributed by atoms with van der Waals surface area (Å²) in [5.74, 6) is -0.915. The molecule has 0 saturated carbocycles. The van der Waals surface area contributed by atoms with E-state index in [-0.39, 0.29) is 27.5 Å². The minimum atomic E-state index is -4.74. The monoisotopic (exact) mass is 461 g/mol. The number of anilines is 1. The van der Waals surface area contributed by atoms with Crippen LogP contribution in [0.1, 0.15) is 15.9 Å². The number of nitrogens with one attached hydrogen (secondary N) is 1. The topological polar surface area (TPSA) is 67.5 Å². The van der Waals surface area contributed by atoms with Crippen molar-refractivity contribution in [3.05, 3.63) is 107 Å². The summed E-state index contributed by atoms with van der Waals surface area (Å²) in [5, 5.41) is 2.85. The quantitative estimate of drug-likeness (QED) is 0.348. The molecule has 0 bridgehead atoms. The fourth-order valence-electron chi connectivity index (χ4n) is 2.61. The number of hydrogen-bond donors (Lipinski definition) is 2. The van der Waals surface area contributed by atoms with E-state index < -0.39 is 23.6 Å². The summed E-state index contributed by atoms with van der Waals surface area (Å²) in [6, 6.07) is 17.3. The van der Waals surface area contributed by atoms with E-state index in [1.165, 1.54) is 48.5 Å². The number of allylic oxidation sites excluding steroid dienone is 2. The number of rotatable bonds is 5. The van der Waals surface area contributed by atoms with Crippen molar-refractivity contribution >= 4 is 34.6 Å². The van der Waals surface area contributed by atoms with Crippen LogP contribution in [0.5, 0.6) is 0 Å². The van der Waals surface area contributed by atoms with Crippen molar-refractivity contribution in [1.29, 1.82) is 0 Å². The number of carbonyl (C=O) groups is 1. The van der Waals surface area contributed by atoms with E-state index in [1.807, 2.05) is 0 Å². The van der Waals surface area contributed by atoms with Gasteiger partial charge in [-0.2, -0.15) is 13.2 Å². The minimum absolute atomic E-state index is 0.0848. The van der Waals surface area contributed by atoms with E-state index in [4.69, 9.17) is 17.3 Å². The Balaban J connectivity index is 1.92. The van der Waals surface area contributed by atoms with Crippen molar-refractivity contribution in [2.24, 2.45) is 10.7 Å². The lowest BCUT2D eigenvalue weighted by molar-refractivity contribution is -0.0925. The van der Waals surface area contributed by atoms with Crippen LogP contribution < -0.4 is 11.1 Å². The molecule has 0 aromatic heterocycles. The van der Waals surface area contributed by atoms with Gasteiger partial charge in [0.15, 0.2) is 0 Å². The van der Waals surface area contributed by atoms with Crippen molar-refractivity contribution < 1.29 is 22.4 Å². The fourth-order valence-corrected chi connectivity index (χ4v) is 2.79. The predicted molar refractivity (Wildman–Crippen MR) is 117 cm³/mol. The number of benzene rings is 3. The van der Waals surface area contributed by atoms with Crippen molar-refractivity contribution in [2.45, 2.75) is 6.18 Å². The van der Waals surface area contributed by atoms with E-state index in [1.54, 1.807) is 24.3 Å². The van der Waals surface area contributed by atoms with Gasteiger partial charge in [0, 0.05) is 16.8 Å². The molecule has 3 aromatic carbocycles. The first-order chi connectivity index (χ1) is 15.1. The molecule has 4 nitrogen and oxygen atoms in total. The SMILES string of the molecule is N/C(=C\C(=Nc1ccccc1Cl)c1ccc(C(=O)Nc2ccc(F)cc2)cc1)C(F)(F)F. The number of alkyl halides is 3. The maximum absolute atomic E-state index is 13.0. The van der Waals surface area contributed by atoms with E-state index in [9.17, 15) is 22.4 Å². The van der Waals surface area contributed by atoms with Gasteiger partial charge >= 0.3 is 6.18 Å². The second kappa shape index (κ2) is 9.65. The second-order valence-electron chi connectivity index (χ2n) is 6.58. The first kappa shape index (κ1) is 23.0. The average Bonchev–Trinajstić information content (AvgIpc) is 2.75. The van der Waals surface area contributed by atoms with E-state index in [2.05, 4.69) is 10.3 Å². The lowest BCUT2D eigenvalue weighted by Gasteiger charge is -2.10. The number of aliphatic imine (C=N–C) groups is 1. The van der Waals surface area contributed by atoms with Gasteiger partial charge in [0.2, 0.25) is 0 Å². The molecule has 3 rings (SSSR count). The molecule has 164 valence electrons. The van der Waals surface area contributed by atoms with Crippen LogP contribution in [-0.4, -0.2) is 17.8 Å². The zero-order valence-corrected chi connectivity index (χ0v) is 17.1. The number of nitrogens with two attached hydrogens (primary N) is 1. The van der Waals surface area contributed by atoms with Crippen LogP contribution >= 0.6 is 11.6 Å². The molecule has 0 aliphatic heterocycles. The molecule has 0 heterocycles. The Kier molecular flexibility index (Phi) is 6.95. The molecule has 0 aliphatic rings. The maximum Gasteiger partial charge on any atom is 0.430 e. The van der Waals surface area contributed by atoms with Gasteiger partial charge in [-0.25, -0.2) is 9.38 Å². The van der Waals surface area contributed by atoms with Gasteiger partial charge in [0.25, 0.3) is 5.91 Å². The molecule has 32 heavy (non-hydrogen) atoms. The largest absolute Gasteiger partial charge is 0.430 e. The Morgan fingerprint density at radius 3 is 2.12 bits per heavy atom. The highest BCUT2D eigenvalue weighted by atomic mass is 35.5. The van der Waals surface area contributed by atoms with Gasteiger partial charge < -0.3 is 11.1 Å². The summed E-state index contributed by atoms with van der Waals surface area (Å²) in [6.07, 6.45) is -4.03. The number of halogens is 5. The minimum Gasteiger partial charge on any atom is -0.395 e. The number of para-hydroxylation sites is 1. The zero-order chi connectivity index (χ0) is 23.3. The molecule has 0 saturated heterocycles. The molecule has 0 unspecified atom stereocenters. The summed E-state index contributed by atoms with van der Waals surface area (Å²) < 4.78 is 52.0. The third-order valence-corrected chi connectivity index (χ3v) is 4.58. The van der Waals surface area contributed by atoms with E-state index in [0.717, 1.165) is 0 Å². The molecule has 0 spiro atoms. The van der Waals surface area contributed by atoms with Crippen LogP contribution in [0, 0.1) is 5.82 Å². The van der Waals surface area contributed by atoms with Crippen LogP contribution in [0.4, 0.5) is 28.9 Å². The molecule has 3 aromatic rings. The van der Waals surface area contributed by atoms with Crippen molar-refractivity contribution in [3.63, 3.8) is 0 Å². The summed E-state index contributed by atoms with van der Waals surface area (Å²) in [7, 11) is 0. The molecule has 0 fully saturated rings. The molecule has 0 aliphatic carbocycles. The van der Waals surface area contributed by atoms with Gasteiger partial charge in [-0.1, -0.05) is 35.9 Å². The Hall–Kier alpha value is -3.65. The Labute approximate surface area is 186 Å². The first-order valence-electron chi connectivity index (χ1n) is 9.18. The summed E-state index contributed by atoms with van der Waals surface area (Å²) in [5.41, 5.74) is 4.95. The van der Waals surface area contributed by atoms with Crippen LogP contribution in [0.15, 0.2) is 89.6 Å². The normalized spacial score (nSPS) is 12.5. The van der Waals surface area contributed by atoms with Gasteiger partial charge in [-0.15, -0.1) is 0 Å². The van der Waals surface area contributed by atoms with Crippen molar-refractivity contribution in [1.82, 2.24) is 0 Å². The third kappa shape index (κ3) is 5.95. The summed E-state index contributed by atoms with van der Waals surface area (Å²) in [6.45, 7) is 0. The van der Waals surface area contributed by atoms with Crippen LogP contribution in [-0.2, 0) is 0 Å². The standard InChI is InChI=1S/C23H16ClF4N3O/c24-18-3-1-2-4-19(18)31-20(13-21(29)23(26,27)28)14-5-7-15(8-6-14)22(32)30-17-11-9-16(25)10-12-17/h1-13H,29H2,(H,30,32)/b21-13-,31-20?. The average molecular weight is 462 g/mol. The highest BCUT2D eigenvalue weighted by molar-refractivity contribution is 6.33. The molecular weight excluding hydrogens is 446 g/mol. The van der Waals surface area contributed by atoms with Crippen molar-refractivity contribution in [2.75, 3.05) is 5.32 Å². The summed E-state index contributed by atoms with van der Waals surface area (Å²) in [4.78, 5) is 16.6. The molecular formula is C23H16ClF4N3O. The molecule has 1 amide bonds. The number of nitrogens with zero attached hydrogens (tertiary/aromatic N) is 1.